The van der Waals surface area contributed by atoms with E-state index >= 15 is 0 Å². The molecule has 1 unspecified atom stereocenters. The Labute approximate surface area is 196 Å². The van der Waals surface area contributed by atoms with Crippen LogP contribution in [0.25, 0.3) is 5.52 Å². The minimum atomic E-state index is -0.789. The Morgan fingerprint density at radius 2 is 1.97 bits per heavy atom. The van der Waals surface area contributed by atoms with Gasteiger partial charge in [-0.05, 0) is 54.1 Å². The van der Waals surface area contributed by atoms with Gasteiger partial charge in [0.25, 0.3) is 0 Å². The third-order valence-electron chi connectivity index (χ3n) is 6.60. The Morgan fingerprint density at radius 1 is 1.25 bits per heavy atom. The lowest BCUT2D eigenvalue weighted by atomic mass is 9.71. The van der Waals surface area contributed by atoms with Gasteiger partial charge in [-0.3, -0.25) is 9.38 Å². The van der Waals surface area contributed by atoms with Crippen LogP contribution in [-0.4, -0.2) is 39.8 Å². The average Bonchev–Trinajstić information content (AvgIpc) is 3.12. The van der Waals surface area contributed by atoms with Crippen LogP contribution in [0.2, 0.25) is 0 Å². The predicted molar refractivity (Wildman–Crippen MR) is 126 cm³/mol. The number of carbonyl (C=O) groups excluding carboxylic acids is 1. The number of hydrogen-bond donors (Lipinski definition) is 1. The second-order valence-corrected chi connectivity index (χ2v) is 9.37. The molecule has 1 aliphatic rings. The van der Waals surface area contributed by atoms with Gasteiger partial charge in [-0.25, -0.2) is 9.78 Å². The maximum atomic E-state index is 11.9. The van der Waals surface area contributed by atoms with Crippen LogP contribution in [0, 0.1) is 12.8 Å². The summed E-state index contributed by atoms with van der Waals surface area (Å²) >= 11 is 3.60. The van der Waals surface area contributed by atoms with Gasteiger partial charge in [-0.1, -0.05) is 30.3 Å². The molecular weight excluding hydrogens is 472 g/mol. The maximum Gasteiger partial charge on any atom is 0.405 e. The first-order valence-corrected chi connectivity index (χ1v) is 11.7. The molecule has 1 fully saturated rings. The molecule has 1 aromatic carbocycles. The van der Waals surface area contributed by atoms with E-state index in [4.69, 9.17) is 20.2 Å². The second-order valence-electron chi connectivity index (χ2n) is 8.62. The lowest BCUT2D eigenvalue weighted by molar-refractivity contribution is -0.0886. The number of imidazole rings is 1. The van der Waals surface area contributed by atoms with Gasteiger partial charge in [0, 0.05) is 37.8 Å². The minimum absolute atomic E-state index is 0.143. The number of halogens is 1. The van der Waals surface area contributed by atoms with E-state index in [0.717, 1.165) is 52.9 Å². The van der Waals surface area contributed by atoms with Crippen LogP contribution < -0.4 is 5.73 Å². The van der Waals surface area contributed by atoms with Gasteiger partial charge >= 0.3 is 6.09 Å². The highest BCUT2D eigenvalue weighted by atomic mass is 79.9. The van der Waals surface area contributed by atoms with Gasteiger partial charge in [0.05, 0.1) is 12.3 Å². The summed E-state index contributed by atoms with van der Waals surface area (Å²) in [6, 6.07) is 10.1. The first kappa shape index (κ1) is 22.7. The highest BCUT2D eigenvalue weighted by Gasteiger charge is 2.44. The molecule has 2 heterocycles. The van der Waals surface area contributed by atoms with Crippen LogP contribution >= 0.6 is 15.9 Å². The molecule has 0 radical (unpaired) electrons. The van der Waals surface area contributed by atoms with Crippen molar-refractivity contribution < 1.29 is 14.3 Å². The quantitative estimate of drug-likeness (QED) is 0.502. The summed E-state index contributed by atoms with van der Waals surface area (Å²) in [5.41, 5.74) is 7.79. The number of aryl methyl sites for hydroxylation is 1. The molecule has 0 bridgehead atoms. The molecule has 0 spiro atoms. The van der Waals surface area contributed by atoms with Gasteiger partial charge in [0.1, 0.15) is 21.5 Å². The van der Waals surface area contributed by atoms with E-state index in [1.807, 2.05) is 49.6 Å². The second kappa shape index (κ2) is 9.58. The fraction of sp³-hybridized carbons (Fsp3) is 0.458. The van der Waals surface area contributed by atoms with E-state index in [-0.39, 0.29) is 5.92 Å². The van der Waals surface area contributed by atoms with Crippen molar-refractivity contribution in [1.29, 1.82) is 0 Å². The van der Waals surface area contributed by atoms with E-state index in [1.165, 1.54) is 0 Å². The normalized spacial score (nSPS) is 20.7. The number of primary amides is 1. The molecule has 3 aromatic rings. The Bertz CT molecular complexity index is 1080. The summed E-state index contributed by atoms with van der Waals surface area (Å²) in [6.07, 6.45) is 7.28. The van der Waals surface area contributed by atoms with Crippen molar-refractivity contribution in [1.82, 2.24) is 14.4 Å². The molecule has 1 amide bonds. The fourth-order valence-electron chi connectivity index (χ4n) is 5.18. The fourth-order valence-corrected chi connectivity index (χ4v) is 5.84. The van der Waals surface area contributed by atoms with Gasteiger partial charge in [0.2, 0.25) is 0 Å². The first-order valence-electron chi connectivity index (χ1n) is 10.9. The molecule has 170 valence electrons. The largest absolute Gasteiger partial charge is 0.440 e. The summed E-state index contributed by atoms with van der Waals surface area (Å²) in [4.78, 5) is 21.1. The van der Waals surface area contributed by atoms with Crippen LogP contribution in [0.4, 0.5) is 4.79 Å². The topological polar surface area (TPSA) is 91.7 Å². The van der Waals surface area contributed by atoms with Crippen molar-refractivity contribution in [3.8, 4) is 0 Å². The minimum Gasteiger partial charge on any atom is -0.440 e. The van der Waals surface area contributed by atoms with E-state index < -0.39 is 11.7 Å². The van der Waals surface area contributed by atoms with E-state index in [2.05, 4.69) is 25.3 Å². The summed E-state index contributed by atoms with van der Waals surface area (Å²) in [5, 5.41) is 0. The Kier molecular flexibility index (Phi) is 6.81. The third-order valence-corrected chi connectivity index (χ3v) is 7.15. The predicted octanol–water partition coefficient (Wildman–Crippen LogP) is 4.80. The molecule has 2 aromatic heterocycles. The van der Waals surface area contributed by atoms with Crippen molar-refractivity contribution in [2.24, 2.45) is 11.7 Å². The molecule has 32 heavy (non-hydrogen) atoms. The zero-order valence-electron chi connectivity index (χ0n) is 18.5. The van der Waals surface area contributed by atoms with Crippen molar-refractivity contribution >= 4 is 27.5 Å². The van der Waals surface area contributed by atoms with Crippen molar-refractivity contribution in [3.05, 3.63) is 64.4 Å². The van der Waals surface area contributed by atoms with Gasteiger partial charge < -0.3 is 15.2 Å². The van der Waals surface area contributed by atoms with E-state index in [9.17, 15) is 4.79 Å². The number of amides is 1. The number of carbonyl (C=O) groups is 1. The molecule has 4 rings (SSSR count). The molecule has 1 aliphatic carbocycles. The smallest absolute Gasteiger partial charge is 0.405 e. The number of aromatic nitrogens is 3. The van der Waals surface area contributed by atoms with Crippen LogP contribution in [0.15, 0.2) is 47.3 Å². The monoisotopic (exact) mass is 500 g/mol. The molecule has 0 aliphatic heterocycles. The number of ether oxygens (including phenoxy) is 2. The average molecular weight is 501 g/mol. The molecule has 1 atom stereocenters. The number of rotatable bonds is 7. The molecule has 1 saturated carbocycles. The van der Waals surface area contributed by atoms with Gasteiger partial charge in [-0.15, -0.1) is 0 Å². The molecule has 2 N–H and O–H groups in total. The number of benzene rings is 1. The number of nitrogens with two attached hydrogens (primary N) is 1. The third kappa shape index (κ3) is 4.52. The molecule has 7 nitrogen and oxygen atoms in total. The van der Waals surface area contributed by atoms with Crippen molar-refractivity contribution in [2.75, 3.05) is 13.7 Å². The van der Waals surface area contributed by atoms with E-state index in [0.29, 0.717) is 18.9 Å². The van der Waals surface area contributed by atoms with Crippen LogP contribution in [0.3, 0.4) is 0 Å². The number of fused-ring (bicyclic) bond motifs is 1. The number of methoxy groups -OCH3 is 1. The summed E-state index contributed by atoms with van der Waals surface area (Å²) in [7, 11) is 1.64. The zero-order chi connectivity index (χ0) is 22.7. The highest BCUT2D eigenvalue weighted by Crippen LogP contribution is 2.43. The SMILES string of the molecule is COCC(Cc1ccccc1)(OC(N)=O)C1CCC(c2nc(Br)c3c(C)nccn23)CC1. The number of hydrogen-bond acceptors (Lipinski definition) is 5. The molecule has 8 heteroatoms. The van der Waals surface area contributed by atoms with Crippen molar-refractivity contribution in [3.63, 3.8) is 0 Å². The van der Waals surface area contributed by atoms with Crippen LogP contribution in [0.1, 0.15) is 48.7 Å². The molecular formula is C24H29BrN4O3. The lowest BCUT2D eigenvalue weighted by Gasteiger charge is -2.42. The summed E-state index contributed by atoms with van der Waals surface area (Å²) < 4.78 is 14.4. The Hall–Kier alpha value is -2.45. The number of nitrogens with zero attached hydrogens (tertiary/aromatic N) is 3. The van der Waals surface area contributed by atoms with Gasteiger partial charge in [-0.2, -0.15) is 0 Å². The van der Waals surface area contributed by atoms with Gasteiger partial charge in [0.15, 0.2) is 0 Å². The van der Waals surface area contributed by atoms with Crippen LogP contribution in [0.5, 0.6) is 0 Å². The molecule has 0 saturated heterocycles. The Balaban J connectivity index is 1.58. The summed E-state index contributed by atoms with van der Waals surface area (Å²) in [6.45, 7) is 2.30. The standard InChI is InChI=1S/C24H29BrN4O3/c1-16-20-21(25)28-22(29(20)13-12-27-16)18-8-10-19(11-9-18)24(15-31-2,32-23(26)30)14-17-6-4-3-5-7-17/h3-7,12-13,18-19H,8-11,14-15H2,1-2H3,(H2,26,30). The van der Waals surface area contributed by atoms with Crippen molar-refractivity contribution in [2.45, 2.75) is 50.5 Å². The highest BCUT2D eigenvalue weighted by molar-refractivity contribution is 9.10. The summed E-state index contributed by atoms with van der Waals surface area (Å²) in [5.74, 6) is 1.51. The Morgan fingerprint density at radius 3 is 2.62 bits per heavy atom. The lowest BCUT2D eigenvalue weighted by Crippen LogP contribution is -2.50. The first-order chi connectivity index (χ1) is 15.4. The van der Waals surface area contributed by atoms with E-state index in [1.54, 1.807) is 7.11 Å². The van der Waals surface area contributed by atoms with Crippen LogP contribution in [-0.2, 0) is 15.9 Å². The zero-order valence-corrected chi connectivity index (χ0v) is 20.0. The maximum absolute atomic E-state index is 11.9.